The molecule has 1 aromatic heterocycles. The van der Waals surface area contributed by atoms with Crippen molar-refractivity contribution in [2.45, 2.75) is 46.1 Å². The van der Waals surface area contributed by atoms with Gasteiger partial charge in [0.15, 0.2) is 6.10 Å². The van der Waals surface area contributed by atoms with E-state index in [1.54, 1.807) is 6.92 Å². The molecule has 2 aromatic rings. The molecule has 1 aromatic carbocycles. The zero-order valence-corrected chi connectivity index (χ0v) is 18.0. The van der Waals surface area contributed by atoms with Crippen LogP contribution in [0, 0.1) is 5.92 Å². The Morgan fingerprint density at radius 2 is 1.93 bits per heavy atom. The number of rotatable bonds is 6. The molecule has 0 spiro atoms. The summed E-state index contributed by atoms with van der Waals surface area (Å²) in [4.78, 5) is 38.5. The number of phenolic OH excluding ortho intramolecular Hbond substituents is 1. The molecule has 0 fully saturated rings. The molecule has 30 heavy (non-hydrogen) atoms. The van der Waals surface area contributed by atoms with Crippen molar-refractivity contribution in [1.82, 2.24) is 0 Å². The highest BCUT2D eigenvalue weighted by Gasteiger charge is 2.30. The molecular weight excluding hydrogens is 406 g/mol. The number of hydrogen-bond acceptors (Lipinski definition) is 7. The first-order valence-corrected chi connectivity index (χ1v) is 10.7. The molecule has 1 heterocycles. The lowest BCUT2D eigenvalue weighted by molar-refractivity contribution is -0.123. The van der Waals surface area contributed by atoms with Crippen molar-refractivity contribution < 1.29 is 29.0 Å². The van der Waals surface area contributed by atoms with Crippen molar-refractivity contribution in [3.8, 4) is 5.75 Å². The predicted octanol–water partition coefficient (Wildman–Crippen LogP) is 3.94. The third-order valence-electron chi connectivity index (χ3n) is 4.98. The van der Waals surface area contributed by atoms with Gasteiger partial charge in [0.25, 0.3) is 5.91 Å². The number of aromatic hydroxyl groups is 1. The lowest BCUT2D eigenvalue weighted by atomic mass is 9.88. The number of benzene rings is 1. The van der Waals surface area contributed by atoms with Gasteiger partial charge in [-0.15, -0.1) is 11.3 Å². The molecule has 1 amide bonds. The molecule has 1 aliphatic rings. The Balaban J connectivity index is 1.75. The molecule has 3 rings (SSSR count). The van der Waals surface area contributed by atoms with Crippen LogP contribution >= 0.6 is 11.3 Å². The van der Waals surface area contributed by atoms with Crippen molar-refractivity contribution in [1.29, 1.82) is 0 Å². The maximum Gasteiger partial charge on any atom is 0.341 e. The van der Waals surface area contributed by atoms with Crippen LogP contribution in [0.1, 0.15) is 58.3 Å². The third kappa shape index (κ3) is 4.81. The Labute approximate surface area is 179 Å². The second kappa shape index (κ2) is 9.30. The number of anilines is 1. The molecule has 0 saturated heterocycles. The van der Waals surface area contributed by atoms with Gasteiger partial charge in [0, 0.05) is 4.88 Å². The van der Waals surface area contributed by atoms with E-state index >= 15 is 0 Å². The van der Waals surface area contributed by atoms with Gasteiger partial charge in [0.1, 0.15) is 10.8 Å². The largest absolute Gasteiger partial charge is 0.508 e. The molecule has 0 radical (unpaired) electrons. The summed E-state index contributed by atoms with van der Waals surface area (Å²) in [5.41, 5.74) is 1.58. The van der Waals surface area contributed by atoms with E-state index in [-0.39, 0.29) is 17.9 Å². The zero-order valence-electron chi connectivity index (χ0n) is 17.2. The van der Waals surface area contributed by atoms with Gasteiger partial charge in [0.2, 0.25) is 0 Å². The summed E-state index contributed by atoms with van der Waals surface area (Å²) in [6.07, 6.45) is 1.53. The molecule has 0 aliphatic heterocycles. The summed E-state index contributed by atoms with van der Waals surface area (Å²) in [5, 5.41) is 12.5. The van der Waals surface area contributed by atoms with Crippen molar-refractivity contribution in [3.63, 3.8) is 0 Å². The number of carbonyl (C=O) groups excluding carboxylic acids is 3. The zero-order chi connectivity index (χ0) is 21.8. The van der Waals surface area contributed by atoms with Crippen molar-refractivity contribution in [2.75, 3.05) is 11.9 Å². The first-order chi connectivity index (χ1) is 14.3. The quantitative estimate of drug-likeness (QED) is 0.672. The molecule has 0 bridgehead atoms. The van der Waals surface area contributed by atoms with E-state index in [2.05, 4.69) is 12.2 Å². The van der Waals surface area contributed by atoms with Crippen LogP contribution in [-0.2, 0) is 27.1 Å². The van der Waals surface area contributed by atoms with Gasteiger partial charge in [-0.3, -0.25) is 4.79 Å². The molecule has 2 N–H and O–H groups in total. The molecule has 2 atom stereocenters. The standard InChI is InChI=1S/C22H25NO6S/c1-4-28-22(27)18-16-10-5-12(2)11-17(16)30-20(18)23-19(25)13(3)29-21(26)14-6-8-15(24)9-7-14/h6-9,12-13,24H,4-5,10-11H2,1-3H3,(H,23,25)/t12-,13+/m1/s1. The maximum atomic E-state index is 12.7. The number of esters is 2. The Bertz CT molecular complexity index is 949. The molecule has 0 unspecified atom stereocenters. The minimum absolute atomic E-state index is 0.0276. The number of phenols is 1. The first-order valence-electron chi connectivity index (χ1n) is 9.92. The van der Waals surface area contributed by atoms with E-state index in [0.29, 0.717) is 16.5 Å². The molecule has 160 valence electrons. The van der Waals surface area contributed by atoms with E-state index in [0.717, 1.165) is 29.7 Å². The predicted molar refractivity (Wildman–Crippen MR) is 113 cm³/mol. The number of thiophene rings is 1. The van der Waals surface area contributed by atoms with Crippen molar-refractivity contribution in [3.05, 3.63) is 45.8 Å². The van der Waals surface area contributed by atoms with Crippen LogP contribution < -0.4 is 5.32 Å². The monoisotopic (exact) mass is 431 g/mol. The minimum atomic E-state index is -1.07. The number of amides is 1. The highest BCUT2D eigenvalue weighted by molar-refractivity contribution is 7.17. The summed E-state index contributed by atoms with van der Waals surface area (Å²) in [5.74, 6) is -1.12. The number of ether oxygens (including phenoxy) is 2. The fourth-order valence-electron chi connectivity index (χ4n) is 3.35. The highest BCUT2D eigenvalue weighted by atomic mass is 32.1. The molecule has 7 nitrogen and oxygen atoms in total. The Kier molecular flexibility index (Phi) is 6.77. The number of hydrogen-bond donors (Lipinski definition) is 2. The van der Waals surface area contributed by atoms with Gasteiger partial charge in [-0.25, -0.2) is 9.59 Å². The number of nitrogens with one attached hydrogen (secondary N) is 1. The van der Waals surface area contributed by atoms with E-state index in [1.807, 2.05) is 0 Å². The summed E-state index contributed by atoms with van der Waals surface area (Å²) in [7, 11) is 0. The van der Waals surface area contributed by atoms with E-state index < -0.39 is 23.9 Å². The molecule has 1 aliphatic carbocycles. The van der Waals surface area contributed by atoms with Crippen molar-refractivity contribution in [2.24, 2.45) is 5.92 Å². The van der Waals surface area contributed by atoms with Crippen LogP contribution in [-0.4, -0.2) is 35.7 Å². The van der Waals surface area contributed by atoms with E-state index in [4.69, 9.17) is 9.47 Å². The van der Waals surface area contributed by atoms with Crippen LogP contribution in [0.2, 0.25) is 0 Å². The highest BCUT2D eigenvalue weighted by Crippen LogP contribution is 2.40. The van der Waals surface area contributed by atoms with Crippen molar-refractivity contribution >= 4 is 34.2 Å². The fraction of sp³-hybridized carbons (Fsp3) is 0.409. The molecular formula is C22H25NO6S. The molecule has 0 saturated carbocycles. The molecule has 8 heteroatoms. The van der Waals surface area contributed by atoms with E-state index in [1.165, 1.54) is 42.5 Å². The number of fused-ring (bicyclic) bond motifs is 1. The van der Waals surface area contributed by atoms with Crippen LogP contribution in [0.5, 0.6) is 5.75 Å². The summed E-state index contributed by atoms with van der Waals surface area (Å²) >= 11 is 1.38. The van der Waals surface area contributed by atoms with Crippen LogP contribution in [0.4, 0.5) is 5.00 Å². The summed E-state index contributed by atoms with van der Waals surface area (Å²) in [6.45, 7) is 5.61. The topological polar surface area (TPSA) is 102 Å². The van der Waals surface area contributed by atoms with Gasteiger partial charge in [-0.1, -0.05) is 6.92 Å². The Hall–Kier alpha value is -2.87. The maximum absolute atomic E-state index is 12.7. The number of carbonyl (C=O) groups is 3. The minimum Gasteiger partial charge on any atom is -0.508 e. The van der Waals surface area contributed by atoms with Gasteiger partial charge >= 0.3 is 11.9 Å². The van der Waals surface area contributed by atoms with Gasteiger partial charge in [0.05, 0.1) is 17.7 Å². The van der Waals surface area contributed by atoms with Gasteiger partial charge in [-0.05, 0) is 68.9 Å². The van der Waals surface area contributed by atoms with Crippen LogP contribution in [0.25, 0.3) is 0 Å². The third-order valence-corrected chi connectivity index (χ3v) is 6.15. The van der Waals surface area contributed by atoms with E-state index in [9.17, 15) is 19.5 Å². The van der Waals surface area contributed by atoms with Crippen LogP contribution in [0.15, 0.2) is 24.3 Å². The lowest BCUT2D eigenvalue weighted by Crippen LogP contribution is -2.30. The van der Waals surface area contributed by atoms with Gasteiger partial charge in [-0.2, -0.15) is 0 Å². The normalized spacial score (nSPS) is 16.3. The smallest absolute Gasteiger partial charge is 0.341 e. The summed E-state index contributed by atoms with van der Waals surface area (Å²) in [6, 6.07) is 5.56. The Morgan fingerprint density at radius 1 is 1.23 bits per heavy atom. The Morgan fingerprint density at radius 3 is 2.60 bits per heavy atom. The van der Waals surface area contributed by atoms with Crippen LogP contribution in [0.3, 0.4) is 0 Å². The second-order valence-electron chi connectivity index (χ2n) is 7.36. The van der Waals surface area contributed by atoms with Gasteiger partial charge < -0.3 is 19.9 Å². The first kappa shape index (κ1) is 21.8. The second-order valence-corrected chi connectivity index (χ2v) is 8.47. The average molecular weight is 432 g/mol. The lowest BCUT2D eigenvalue weighted by Gasteiger charge is -2.18. The summed E-state index contributed by atoms with van der Waals surface area (Å²) < 4.78 is 10.4. The fourth-order valence-corrected chi connectivity index (χ4v) is 4.75. The average Bonchev–Trinajstić information content (AvgIpc) is 3.05. The SMILES string of the molecule is CCOC(=O)c1c(NC(=O)[C@H](C)OC(=O)c2ccc(O)cc2)sc2c1CC[C@@H](C)C2.